The Morgan fingerprint density at radius 2 is 1.31 bits per heavy atom. The Balaban J connectivity index is 2.79. The molecule has 13 heavy (non-hydrogen) atoms. The van der Waals surface area contributed by atoms with Crippen LogP contribution in [0, 0.1) is 17.8 Å². The highest BCUT2D eigenvalue weighted by atomic mass is 19.4. The third kappa shape index (κ3) is 1.73. The SMILES string of the molecule is CC(=O)[C@@H]1C(C(F)(F)F)[C@@H]1C(C)=O. The zero-order valence-electron chi connectivity index (χ0n) is 7.18. The molecule has 1 saturated carbocycles. The molecule has 0 aromatic heterocycles. The minimum atomic E-state index is -4.42. The standard InChI is InChI=1S/C8H9F3O2/c1-3(12)5-6(4(2)13)7(5)8(9,10)11/h5-7H,1-2H3/t5-,6+,7?. The van der Waals surface area contributed by atoms with Gasteiger partial charge in [0.15, 0.2) is 0 Å². The van der Waals surface area contributed by atoms with Crippen LogP contribution in [-0.4, -0.2) is 17.7 Å². The van der Waals surface area contributed by atoms with E-state index in [1.807, 2.05) is 0 Å². The zero-order valence-corrected chi connectivity index (χ0v) is 7.18. The van der Waals surface area contributed by atoms with Crippen LogP contribution in [0.2, 0.25) is 0 Å². The van der Waals surface area contributed by atoms with Gasteiger partial charge in [-0.3, -0.25) is 9.59 Å². The summed E-state index contributed by atoms with van der Waals surface area (Å²) in [5.41, 5.74) is 0. The first-order valence-corrected chi connectivity index (χ1v) is 3.84. The number of carbonyl (C=O) groups is 2. The number of alkyl halides is 3. The van der Waals surface area contributed by atoms with E-state index in [1.165, 1.54) is 0 Å². The molecule has 0 aliphatic heterocycles. The Bertz CT molecular complexity index is 237. The predicted octanol–water partition coefficient (Wildman–Crippen LogP) is 1.59. The lowest BCUT2D eigenvalue weighted by molar-refractivity contribution is -0.158. The van der Waals surface area contributed by atoms with Gasteiger partial charge in [0.1, 0.15) is 11.6 Å². The second-order valence-electron chi connectivity index (χ2n) is 3.34. The average Bonchev–Trinajstić information content (AvgIpc) is 2.56. The van der Waals surface area contributed by atoms with E-state index < -0.39 is 35.5 Å². The van der Waals surface area contributed by atoms with Crippen LogP contribution in [0.4, 0.5) is 13.2 Å². The topological polar surface area (TPSA) is 34.1 Å². The van der Waals surface area contributed by atoms with Crippen molar-refractivity contribution < 1.29 is 22.8 Å². The monoisotopic (exact) mass is 194 g/mol. The van der Waals surface area contributed by atoms with Gasteiger partial charge in [0.2, 0.25) is 0 Å². The van der Waals surface area contributed by atoms with Gasteiger partial charge in [-0.15, -0.1) is 0 Å². The van der Waals surface area contributed by atoms with Crippen molar-refractivity contribution in [3.63, 3.8) is 0 Å². The summed E-state index contributed by atoms with van der Waals surface area (Å²) in [4.78, 5) is 21.5. The fraction of sp³-hybridized carbons (Fsp3) is 0.750. The largest absolute Gasteiger partial charge is 0.393 e. The number of ketones is 2. The molecule has 0 N–H and O–H groups in total. The van der Waals surface area contributed by atoms with Crippen LogP contribution in [0.5, 0.6) is 0 Å². The molecule has 74 valence electrons. The van der Waals surface area contributed by atoms with Crippen molar-refractivity contribution in [2.24, 2.45) is 17.8 Å². The zero-order chi connectivity index (χ0) is 10.4. The molecule has 1 aliphatic rings. The summed E-state index contributed by atoms with van der Waals surface area (Å²) < 4.78 is 36.5. The first kappa shape index (κ1) is 10.2. The maximum absolute atomic E-state index is 12.2. The molecule has 0 radical (unpaired) electrons. The van der Waals surface area contributed by atoms with Crippen LogP contribution >= 0.6 is 0 Å². The second kappa shape index (κ2) is 2.82. The second-order valence-corrected chi connectivity index (χ2v) is 3.34. The van der Waals surface area contributed by atoms with Crippen molar-refractivity contribution in [1.29, 1.82) is 0 Å². The maximum atomic E-state index is 12.2. The molecule has 0 aromatic rings. The Morgan fingerprint density at radius 3 is 1.38 bits per heavy atom. The number of hydrogen-bond acceptors (Lipinski definition) is 2. The van der Waals surface area contributed by atoms with Crippen molar-refractivity contribution in [2.45, 2.75) is 20.0 Å². The fourth-order valence-corrected chi connectivity index (χ4v) is 1.73. The molecule has 1 aliphatic carbocycles. The van der Waals surface area contributed by atoms with Gasteiger partial charge in [-0.2, -0.15) is 13.2 Å². The van der Waals surface area contributed by atoms with Gasteiger partial charge < -0.3 is 0 Å². The first-order valence-electron chi connectivity index (χ1n) is 3.84. The maximum Gasteiger partial charge on any atom is 0.393 e. The average molecular weight is 194 g/mol. The minimum Gasteiger partial charge on any atom is -0.300 e. The molecular weight excluding hydrogens is 185 g/mol. The summed E-state index contributed by atoms with van der Waals surface area (Å²) in [7, 11) is 0. The smallest absolute Gasteiger partial charge is 0.300 e. The molecule has 0 spiro atoms. The van der Waals surface area contributed by atoms with Gasteiger partial charge in [-0.1, -0.05) is 0 Å². The van der Waals surface area contributed by atoms with E-state index in [-0.39, 0.29) is 0 Å². The Morgan fingerprint density at radius 1 is 1.00 bits per heavy atom. The fourth-order valence-electron chi connectivity index (χ4n) is 1.73. The molecule has 1 unspecified atom stereocenters. The van der Waals surface area contributed by atoms with E-state index in [0.29, 0.717) is 0 Å². The highest BCUT2D eigenvalue weighted by Crippen LogP contribution is 2.56. The predicted molar refractivity (Wildman–Crippen MR) is 37.9 cm³/mol. The summed E-state index contributed by atoms with van der Waals surface area (Å²) in [6.45, 7) is 2.18. The highest BCUT2D eigenvalue weighted by Gasteiger charge is 2.67. The number of Topliss-reactive ketones (excluding diaryl/α,β-unsaturated/α-hetero) is 2. The molecule has 1 rings (SSSR count). The molecule has 0 saturated heterocycles. The quantitative estimate of drug-likeness (QED) is 0.668. The van der Waals surface area contributed by atoms with E-state index in [2.05, 4.69) is 0 Å². The highest BCUT2D eigenvalue weighted by molar-refractivity contribution is 5.93. The van der Waals surface area contributed by atoms with Crippen LogP contribution < -0.4 is 0 Å². The molecule has 0 aromatic carbocycles. The van der Waals surface area contributed by atoms with Gasteiger partial charge >= 0.3 is 6.18 Å². The van der Waals surface area contributed by atoms with Gasteiger partial charge in [0.25, 0.3) is 0 Å². The van der Waals surface area contributed by atoms with Gasteiger partial charge in [0.05, 0.1) is 5.92 Å². The summed E-state index contributed by atoms with van der Waals surface area (Å²) in [5.74, 6) is -5.09. The van der Waals surface area contributed by atoms with Crippen molar-refractivity contribution in [1.82, 2.24) is 0 Å². The normalized spacial score (nSPS) is 32.8. The van der Waals surface area contributed by atoms with Gasteiger partial charge in [0, 0.05) is 11.8 Å². The molecule has 1 fully saturated rings. The summed E-state index contributed by atoms with van der Waals surface area (Å²) in [6, 6.07) is 0. The van der Waals surface area contributed by atoms with Gasteiger partial charge in [-0.05, 0) is 13.8 Å². The number of hydrogen-bond donors (Lipinski definition) is 0. The summed E-state index contributed by atoms with van der Waals surface area (Å²) >= 11 is 0. The van der Waals surface area contributed by atoms with Crippen molar-refractivity contribution in [3.8, 4) is 0 Å². The molecule has 0 heterocycles. The lowest BCUT2D eigenvalue weighted by Gasteiger charge is -2.02. The minimum absolute atomic E-state index is 0.553. The summed E-state index contributed by atoms with van der Waals surface area (Å²) in [6.07, 6.45) is -4.42. The van der Waals surface area contributed by atoms with Gasteiger partial charge in [-0.25, -0.2) is 0 Å². The molecule has 3 atom stereocenters. The number of halogens is 3. The third-order valence-electron chi connectivity index (χ3n) is 2.34. The van der Waals surface area contributed by atoms with E-state index in [1.54, 1.807) is 0 Å². The lowest BCUT2D eigenvalue weighted by atomic mass is 10.2. The van der Waals surface area contributed by atoms with Crippen molar-refractivity contribution >= 4 is 11.6 Å². The lowest BCUT2D eigenvalue weighted by Crippen LogP contribution is -2.15. The molecule has 0 bridgehead atoms. The van der Waals surface area contributed by atoms with Crippen molar-refractivity contribution in [2.75, 3.05) is 0 Å². The third-order valence-corrected chi connectivity index (χ3v) is 2.34. The van der Waals surface area contributed by atoms with E-state index >= 15 is 0 Å². The Labute approximate surface area is 73.1 Å². The number of rotatable bonds is 2. The van der Waals surface area contributed by atoms with Crippen LogP contribution in [0.1, 0.15) is 13.8 Å². The van der Waals surface area contributed by atoms with E-state index in [4.69, 9.17) is 0 Å². The van der Waals surface area contributed by atoms with E-state index in [9.17, 15) is 22.8 Å². The Hall–Kier alpha value is -0.870. The van der Waals surface area contributed by atoms with Crippen LogP contribution in [0.15, 0.2) is 0 Å². The Kier molecular flexibility index (Phi) is 2.21. The first-order chi connectivity index (χ1) is 5.76. The molecule has 5 heteroatoms. The van der Waals surface area contributed by atoms with Crippen LogP contribution in [-0.2, 0) is 9.59 Å². The molecule has 2 nitrogen and oxygen atoms in total. The van der Waals surface area contributed by atoms with Crippen LogP contribution in [0.25, 0.3) is 0 Å². The van der Waals surface area contributed by atoms with Crippen molar-refractivity contribution in [3.05, 3.63) is 0 Å². The van der Waals surface area contributed by atoms with Crippen LogP contribution in [0.3, 0.4) is 0 Å². The summed E-state index contributed by atoms with van der Waals surface area (Å²) in [5, 5.41) is 0. The number of carbonyl (C=O) groups excluding carboxylic acids is 2. The molecule has 0 amide bonds. The van der Waals surface area contributed by atoms with E-state index in [0.717, 1.165) is 13.8 Å². The molecular formula is C8H9F3O2.